The number of nitrogens with one attached hydrogen (secondary N) is 1. The van der Waals surface area contributed by atoms with Crippen LogP contribution in [0.15, 0.2) is 29.2 Å². The SMILES string of the molecule is O=c1c2cc3c(cc2ccn1CC1CCCCNC1)OCO3. The smallest absolute Gasteiger partial charge is 0.258 e. The lowest BCUT2D eigenvalue weighted by Crippen LogP contribution is -2.28. The second-order valence-corrected chi connectivity index (χ2v) is 6.13. The largest absolute Gasteiger partial charge is 0.454 e. The first kappa shape index (κ1) is 13.6. The van der Waals surface area contributed by atoms with Crippen LogP contribution in [0.1, 0.15) is 19.3 Å². The lowest BCUT2D eigenvalue weighted by Gasteiger charge is -2.16. The molecule has 2 aromatic rings. The van der Waals surface area contributed by atoms with E-state index in [1.807, 2.05) is 29.0 Å². The number of fused-ring (bicyclic) bond motifs is 2. The average Bonchev–Trinajstić information content (AvgIpc) is 2.83. The van der Waals surface area contributed by atoms with Gasteiger partial charge < -0.3 is 19.4 Å². The minimum atomic E-state index is 0.0556. The number of pyridine rings is 1. The van der Waals surface area contributed by atoms with Gasteiger partial charge in [0.1, 0.15) is 0 Å². The van der Waals surface area contributed by atoms with E-state index in [4.69, 9.17) is 9.47 Å². The highest BCUT2D eigenvalue weighted by Gasteiger charge is 2.17. The topological polar surface area (TPSA) is 52.5 Å². The van der Waals surface area contributed by atoms with Crippen molar-refractivity contribution in [3.05, 3.63) is 34.7 Å². The number of hydrogen-bond donors (Lipinski definition) is 1. The van der Waals surface area contributed by atoms with E-state index in [2.05, 4.69) is 5.32 Å². The first-order valence-corrected chi connectivity index (χ1v) is 7.95. The summed E-state index contributed by atoms with van der Waals surface area (Å²) in [5.74, 6) is 1.91. The van der Waals surface area contributed by atoms with E-state index in [1.54, 1.807) is 0 Å². The Morgan fingerprint density at radius 3 is 3.00 bits per heavy atom. The van der Waals surface area contributed by atoms with Gasteiger partial charge >= 0.3 is 0 Å². The lowest BCUT2D eigenvalue weighted by atomic mass is 10.0. The molecule has 0 aliphatic carbocycles. The Kier molecular flexibility index (Phi) is 3.50. The number of aromatic nitrogens is 1. The van der Waals surface area contributed by atoms with Crippen LogP contribution >= 0.6 is 0 Å². The van der Waals surface area contributed by atoms with E-state index in [0.29, 0.717) is 17.1 Å². The second kappa shape index (κ2) is 5.65. The molecular weight excluding hydrogens is 280 g/mol. The van der Waals surface area contributed by atoms with E-state index in [1.165, 1.54) is 19.3 Å². The molecule has 0 amide bonds. The third kappa shape index (κ3) is 2.46. The molecule has 2 aliphatic heterocycles. The Labute approximate surface area is 128 Å². The summed E-state index contributed by atoms with van der Waals surface area (Å²) in [6.07, 6.45) is 5.54. The van der Waals surface area contributed by atoms with Crippen LogP contribution in [0.3, 0.4) is 0 Å². The number of hydrogen-bond acceptors (Lipinski definition) is 4. The van der Waals surface area contributed by atoms with Crippen molar-refractivity contribution in [3.63, 3.8) is 0 Å². The quantitative estimate of drug-likeness (QED) is 0.923. The van der Waals surface area contributed by atoms with Crippen molar-refractivity contribution < 1.29 is 9.47 Å². The summed E-state index contributed by atoms with van der Waals surface area (Å²) in [4.78, 5) is 12.7. The zero-order valence-electron chi connectivity index (χ0n) is 12.5. The van der Waals surface area contributed by atoms with Gasteiger partial charge in [-0.25, -0.2) is 0 Å². The standard InChI is InChI=1S/C17H20N2O3/c20-17-14-8-16-15(21-11-22-16)7-13(14)4-6-19(17)10-12-3-1-2-5-18-9-12/h4,6-8,12,18H,1-3,5,9-11H2. The van der Waals surface area contributed by atoms with Crippen LogP contribution in [0.5, 0.6) is 11.5 Å². The Hall–Kier alpha value is -2.01. The van der Waals surface area contributed by atoms with E-state index < -0.39 is 0 Å². The fourth-order valence-corrected chi connectivity index (χ4v) is 3.34. The van der Waals surface area contributed by atoms with Crippen LogP contribution in [0.4, 0.5) is 0 Å². The molecule has 5 nitrogen and oxygen atoms in total. The molecule has 1 fully saturated rings. The predicted octanol–water partition coefficient (Wildman–Crippen LogP) is 2.12. The van der Waals surface area contributed by atoms with Crippen molar-refractivity contribution >= 4 is 10.8 Å². The van der Waals surface area contributed by atoms with Crippen LogP contribution in [-0.4, -0.2) is 24.4 Å². The number of nitrogens with zero attached hydrogens (tertiary/aromatic N) is 1. The van der Waals surface area contributed by atoms with Crippen LogP contribution in [0.2, 0.25) is 0 Å². The van der Waals surface area contributed by atoms with Gasteiger partial charge in [0.25, 0.3) is 5.56 Å². The molecule has 1 atom stereocenters. The lowest BCUT2D eigenvalue weighted by molar-refractivity contribution is 0.174. The molecule has 4 rings (SSSR count). The molecule has 1 aromatic heterocycles. The molecule has 1 saturated heterocycles. The molecule has 116 valence electrons. The van der Waals surface area contributed by atoms with Gasteiger partial charge in [0.15, 0.2) is 11.5 Å². The van der Waals surface area contributed by atoms with E-state index >= 15 is 0 Å². The number of benzene rings is 1. The van der Waals surface area contributed by atoms with Crippen molar-refractivity contribution in [2.45, 2.75) is 25.8 Å². The van der Waals surface area contributed by atoms with Crippen molar-refractivity contribution in [3.8, 4) is 11.5 Å². The first-order chi connectivity index (χ1) is 10.8. The molecule has 1 N–H and O–H groups in total. The van der Waals surface area contributed by atoms with Crippen molar-refractivity contribution in [2.75, 3.05) is 19.9 Å². The van der Waals surface area contributed by atoms with Crippen molar-refractivity contribution in [1.29, 1.82) is 0 Å². The highest BCUT2D eigenvalue weighted by Crippen LogP contribution is 2.34. The fraction of sp³-hybridized carbons (Fsp3) is 0.471. The normalized spacial score (nSPS) is 21.0. The van der Waals surface area contributed by atoms with Gasteiger partial charge in [0.05, 0.1) is 5.39 Å². The summed E-state index contributed by atoms with van der Waals surface area (Å²) in [6.45, 7) is 3.09. The maximum absolute atomic E-state index is 12.7. The molecule has 3 heterocycles. The number of ether oxygens (including phenoxy) is 2. The molecule has 0 saturated carbocycles. The Balaban J connectivity index is 1.68. The highest BCUT2D eigenvalue weighted by atomic mass is 16.7. The average molecular weight is 300 g/mol. The molecule has 0 spiro atoms. The summed E-state index contributed by atoms with van der Waals surface area (Å²) in [6, 6.07) is 5.68. The van der Waals surface area contributed by atoms with Crippen molar-refractivity contribution in [2.24, 2.45) is 5.92 Å². The van der Waals surface area contributed by atoms with Crippen LogP contribution in [0, 0.1) is 5.92 Å². The van der Waals surface area contributed by atoms with Gasteiger partial charge in [-0.3, -0.25) is 4.79 Å². The zero-order chi connectivity index (χ0) is 14.9. The van der Waals surface area contributed by atoms with Gasteiger partial charge in [0.2, 0.25) is 6.79 Å². The van der Waals surface area contributed by atoms with E-state index in [-0.39, 0.29) is 12.4 Å². The molecule has 1 aromatic carbocycles. The highest BCUT2D eigenvalue weighted by molar-refractivity contribution is 5.85. The molecular formula is C17H20N2O3. The summed E-state index contributed by atoms with van der Waals surface area (Å²) >= 11 is 0. The Morgan fingerprint density at radius 1 is 1.23 bits per heavy atom. The summed E-state index contributed by atoms with van der Waals surface area (Å²) in [7, 11) is 0. The fourth-order valence-electron chi connectivity index (χ4n) is 3.34. The van der Waals surface area contributed by atoms with Gasteiger partial charge in [-0.05, 0) is 55.4 Å². The van der Waals surface area contributed by atoms with E-state index in [9.17, 15) is 4.79 Å². The maximum Gasteiger partial charge on any atom is 0.258 e. The van der Waals surface area contributed by atoms with Gasteiger partial charge in [0, 0.05) is 12.7 Å². The minimum absolute atomic E-state index is 0.0556. The predicted molar refractivity (Wildman–Crippen MR) is 84.5 cm³/mol. The van der Waals surface area contributed by atoms with Gasteiger partial charge in [-0.2, -0.15) is 0 Å². The third-order valence-electron chi connectivity index (χ3n) is 4.57. The first-order valence-electron chi connectivity index (χ1n) is 7.95. The maximum atomic E-state index is 12.7. The Morgan fingerprint density at radius 2 is 2.09 bits per heavy atom. The molecule has 2 aliphatic rings. The van der Waals surface area contributed by atoms with E-state index in [0.717, 1.165) is 30.8 Å². The summed E-state index contributed by atoms with van der Waals surface area (Å²) < 4.78 is 12.6. The minimum Gasteiger partial charge on any atom is -0.454 e. The number of rotatable bonds is 2. The summed E-state index contributed by atoms with van der Waals surface area (Å²) in [5, 5.41) is 5.07. The van der Waals surface area contributed by atoms with Gasteiger partial charge in [-0.15, -0.1) is 0 Å². The monoisotopic (exact) mass is 300 g/mol. The molecule has 1 unspecified atom stereocenters. The third-order valence-corrected chi connectivity index (χ3v) is 4.57. The second-order valence-electron chi connectivity index (χ2n) is 6.13. The Bertz CT molecular complexity index is 745. The van der Waals surface area contributed by atoms with Crippen LogP contribution < -0.4 is 20.3 Å². The van der Waals surface area contributed by atoms with Crippen LogP contribution in [0.25, 0.3) is 10.8 Å². The zero-order valence-corrected chi connectivity index (χ0v) is 12.5. The van der Waals surface area contributed by atoms with Gasteiger partial charge in [-0.1, -0.05) is 6.42 Å². The van der Waals surface area contributed by atoms with Crippen LogP contribution in [-0.2, 0) is 6.54 Å². The molecule has 0 radical (unpaired) electrons. The molecule has 22 heavy (non-hydrogen) atoms. The molecule has 5 heteroatoms. The summed E-state index contributed by atoms with van der Waals surface area (Å²) in [5.41, 5.74) is 0.0556. The van der Waals surface area contributed by atoms with Crippen molar-refractivity contribution in [1.82, 2.24) is 9.88 Å². The molecule has 0 bridgehead atoms.